The number of nitrogens with two attached hydrogens (primary N) is 1. The van der Waals surface area contributed by atoms with E-state index in [2.05, 4.69) is 19.8 Å². The van der Waals surface area contributed by atoms with Crippen molar-refractivity contribution in [1.29, 1.82) is 0 Å². The number of thiophene rings is 1. The zero-order valence-electron chi connectivity index (χ0n) is 27.5. The molecule has 15 nitrogen and oxygen atoms in total. The number of anilines is 1. The summed E-state index contributed by atoms with van der Waals surface area (Å²) < 4.78 is 55.6. The van der Waals surface area contributed by atoms with Gasteiger partial charge in [0.05, 0.1) is 30.1 Å². The summed E-state index contributed by atoms with van der Waals surface area (Å²) in [4.78, 5) is 54.7. The highest BCUT2D eigenvalue weighted by Gasteiger charge is 2.39. The first-order valence-corrected chi connectivity index (χ1v) is 20.1. The van der Waals surface area contributed by atoms with Crippen LogP contribution in [-0.4, -0.2) is 65.3 Å². The van der Waals surface area contributed by atoms with Crippen molar-refractivity contribution in [1.82, 2.24) is 9.97 Å². The smallest absolute Gasteiger partial charge is 0.462 e. The molecular formula is C33H34ClN4O11PS2. The Morgan fingerprint density at radius 2 is 1.90 bits per heavy atom. The minimum Gasteiger partial charge on any atom is -0.462 e. The van der Waals surface area contributed by atoms with Gasteiger partial charge in [0.1, 0.15) is 30.1 Å². The van der Waals surface area contributed by atoms with Gasteiger partial charge < -0.3 is 19.3 Å². The average molecular weight is 793 g/mol. The summed E-state index contributed by atoms with van der Waals surface area (Å²) in [6.45, 7) is 2.11. The van der Waals surface area contributed by atoms with Crippen molar-refractivity contribution in [3.8, 4) is 5.75 Å². The van der Waals surface area contributed by atoms with Gasteiger partial charge >= 0.3 is 24.1 Å². The zero-order chi connectivity index (χ0) is 37.2. The highest BCUT2D eigenvalue weighted by molar-refractivity contribution is 7.84. The Balaban J connectivity index is 1.16. The molecule has 0 bridgehead atoms. The summed E-state index contributed by atoms with van der Waals surface area (Å²) in [6, 6.07) is 12.7. The molecule has 2 unspecified atom stereocenters. The normalized spacial score (nSPS) is 20.2. The number of hydrogen-bond donors (Lipinski definition) is 4. The molecule has 1 fully saturated rings. The van der Waals surface area contributed by atoms with Crippen molar-refractivity contribution in [3.63, 3.8) is 0 Å². The molecule has 19 heteroatoms. The standard InChI is InChI=1S/C33H34ClN4O11PS2/c1-18-25(32-26-12-22(34)5-4-20(26)8-9-46-32)14-29(51-18)31(40)27-15-36-17-37-33(27)38-23-11-21(16-47-52(35,44)45)28(13-23)48-30(39)10-19-2-6-24(7-3-19)49-50(41,42)43/h2-7,12,14-15,17,21,23,28,32H,8-11,13,16H2,1H3,(H2,35,44,45)(H,36,37,38)(H2,41,42,43)/t21-,23-,28?,32?/m1/s1. The Kier molecular flexibility index (Phi) is 11.5. The van der Waals surface area contributed by atoms with Crippen molar-refractivity contribution < 1.29 is 50.5 Å². The van der Waals surface area contributed by atoms with Crippen LogP contribution in [-0.2, 0) is 46.2 Å². The van der Waals surface area contributed by atoms with Crippen LogP contribution in [0.3, 0.4) is 0 Å². The molecule has 4 atom stereocenters. The van der Waals surface area contributed by atoms with Gasteiger partial charge in [-0.15, -0.1) is 11.3 Å². The van der Waals surface area contributed by atoms with Crippen LogP contribution in [0.4, 0.5) is 5.82 Å². The number of aromatic nitrogens is 2. The lowest BCUT2D eigenvalue weighted by Gasteiger charge is -2.26. The van der Waals surface area contributed by atoms with Crippen molar-refractivity contribution in [2.75, 3.05) is 18.5 Å². The molecule has 1 aliphatic heterocycles. The maximum atomic E-state index is 14.0. The van der Waals surface area contributed by atoms with E-state index in [9.17, 15) is 22.6 Å². The highest BCUT2D eigenvalue weighted by atomic mass is 35.5. The molecule has 0 radical (unpaired) electrons. The summed E-state index contributed by atoms with van der Waals surface area (Å²) in [5, 5.41) is 8.93. The van der Waals surface area contributed by atoms with Crippen molar-refractivity contribution in [2.45, 2.75) is 50.9 Å². The Morgan fingerprint density at radius 3 is 2.63 bits per heavy atom. The quantitative estimate of drug-likeness (QED) is 0.0835. The number of nitrogens with zero attached hydrogens (tertiary/aromatic N) is 2. The molecule has 276 valence electrons. The van der Waals surface area contributed by atoms with Crippen LogP contribution in [0.1, 0.15) is 61.3 Å². The van der Waals surface area contributed by atoms with Gasteiger partial charge in [0.2, 0.25) is 5.78 Å². The minimum absolute atomic E-state index is 0.0815. The number of ether oxygens (including phenoxy) is 2. The van der Waals surface area contributed by atoms with Gasteiger partial charge in [0.15, 0.2) is 0 Å². The van der Waals surface area contributed by atoms with Crippen LogP contribution in [0.5, 0.6) is 5.75 Å². The zero-order valence-corrected chi connectivity index (χ0v) is 30.8. The van der Waals surface area contributed by atoms with Gasteiger partial charge in [-0.3, -0.25) is 23.6 Å². The first-order chi connectivity index (χ1) is 24.6. The molecule has 0 amide bonds. The number of carbonyl (C=O) groups is 2. The van der Waals surface area contributed by atoms with Crippen LogP contribution in [0.15, 0.2) is 61.1 Å². The number of rotatable bonds is 13. The fourth-order valence-corrected chi connectivity index (χ4v) is 8.31. The van der Waals surface area contributed by atoms with Gasteiger partial charge in [0.25, 0.3) is 0 Å². The van der Waals surface area contributed by atoms with E-state index in [1.165, 1.54) is 48.1 Å². The number of halogens is 1. The summed E-state index contributed by atoms with van der Waals surface area (Å²) in [7, 11) is -9.04. The molecule has 52 heavy (non-hydrogen) atoms. The lowest BCUT2D eigenvalue weighted by atomic mass is 9.93. The Labute approximate surface area is 307 Å². The summed E-state index contributed by atoms with van der Waals surface area (Å²) >= 11 is 7.64. The number of phosphoric ester groups is 1. The topological polar surface area (TPSA) is 227 Å². The fraction of sp³-hybridized carbons (Fsp3) is 0.333. The number of fused-ring (bicyclic) bond motifs is 1. The number of esters is 1. The van der Waals surface area contributed by atoms with Gasteiger partial charge in [-0.05, 0) is 72.4 Å². The van der Waals surface area contributed by atoms with Gasteiger partial charge in [0, 0.05) is 34.5 Å². The molecular weight excluding hydrogens is 759 g/mol. The van der Waals surface area contributed by atoms with Gasteiger partial charge in [-0.2, -0.15) is 8.42 Å². The second-order valence-corrected chi connectivity index (χ2v) is 16.4. The largest absolute Gasteiger partial charge is 0.524 e. The van der Waals surface area contributed by atoms with Crippen LogP contribution in [0.25, 0.3) is 0 Å². The Morgan fingerprint density at radius 1 is 1.13 bits per heavy atom. The van der Waals surface area contributed by atoms with Gasteiger partial charge in [-0.25, -0.2) is 19.7 Å². The number of ketones is 1. The third-order valence-corrected chi connectivity index (χ3v) is 10.9. The highest BCUT2D eigenvalue weighted by Crippen LogP contribution is 2.40. The Bertz CT molecular complexity index is 2130. The van der Waals surface area contributed by atoms with E-state index in [0.29, 0.717) is 22.1 Å². The number of phosphoric acid groups is 1. The van der Waals surface area contributed by atoms with Crippen LogP contribution in [0, 0.1) is 12.8 Å². The molecule has 2 aliphatic rings. The average Bonchev–Trinajstić information content (AvgIpc) is 3.65. The molecule has 2 aromatic carbocycles. The predicted octanol–water partition coefficient (Wildman–Crippen LogP) is 4.43. The molecule has 6 rings (SSSR count). The molecule has 3 heterocycles. The third kappa shape index (κ3) is 9.60. The second-order valence-electron chi connectivity index (χ2n) is 12.4. The molecule has 0 spiro atoms. The molecule has 4 aromatic rings. The number of benzene rings is 2. The molecule has 1 saturated carbocycles. The fourth-order valence-electron chi connectivity index (χ4n) is 6.37. The van der Waals surface area contributed by atoms with Crippen LogP contribution in [0.2, 0.25) is 5.02 Å². The van der Waals surface area contributed by atoms with Crippen LogP contribution >= 0.6 is 30.8 Å². The number of nitrogens with one attached hydrogen (secondary N) is 1. The van der Waals surface area contributed by atoms with E-state index in [1.807, 2.05) is 31.2 Å². The predicted molar refractivity (Wildman–Crippen MR) is 189 cm³/mol. The maximum Gasteiger partial charge on any atom is 0.524 e. The van der Waals surface area contributed by atoms with Crippen molar-refractivity contribution >= 4 is 58.6 Å². The number of carbonyl (C=O) groups excluding carboxylic acids is 2. The van der Waals surface area contributed by atoms with Gasteiger partial charge in [-0.1, -0.05) is 29.8 Å². The van der Waals surface area contributed by atoms with E-state index in [1.54, 1.807) is 0 Å². The van der Waals surface area contributed by atoms with Crippen LogP contribution < -0.4 is 15.0 Å². The van der Waals surface area contributed by atoms with Crippen molar-refractivity contribution in [2.24, 2.45) is 11.1 Å². The summed E-state index contributed by atoms with van der Waals surface area (Å²) in [5.74, 6) is -1.36. The Hall–Kier alpha value is -3.77. The summed E-state index contributed by atoms with van der Waals surface area (Å²) in [6.07, 6.45) is 2.63. The monoisotopic (exact) mass is 792 g/mol. The van der Waals surface area contributed by atoms with Crippen molar-refractivity contribution in [3.05, 3.63) is 104 Å². The summed E-state index contributed by atoms with van der Waals surface area (Å²) in [5.41, 5.74) is 3.67. The van der Waals surface area contributed by atoms with E-state index in [4.69, 9.17) is 40.2 Å². The van der Waals surface area contributed by atoms with E-state index in [0.717, 1.165) is 28.0 Å². The lowest BCUT2D eigenvalue weighted by Crippen LogP contribution is -2.28. The number of aryl methyl sites for hydroxylation is 1. The van der Waals surface area contributed by atoms with E-state index in [-0.39, 0.29) is 54.9 Å². The molecule has 0 saturated heterocycles. The molecule has 2 aromatic heterocycles. The third-order valence-electron chi connectivity index (χ3n) is 8.66. The minimum atomic E-state index is -4.75. The second kappa shape index (κ2) is 15.7. The molecule has 1 aliphatic carbocycles. The number of hydrogen-bond acceptors (Lipinski definition) is 13. The SMILES string of the molecule is Cc1sc(C(=O)c2cncnc2N[C@H]2CC(OC(=O)Cc3ccc(OP(=O)(O)O)cc3)[C@@H](COS(N)(=O)=O)C2)cc1C1OCCc2ccc(Cl)cc21. The van der Waals surface area contributed by atoms with E-state index < -0.39 is 42.2 Å². The first kappa shape index (κ1) is 38.0. The molecule has 5 N–H and O–H groups in total. The first-order valence-electron chi connectivity index (χ1n) is 15.9. The lowest BCUT2D eigenvalue weighted by molar-refractivity contribution is -0.150. The van der Waals surface area contributed by atoms with E-state index >= 15 is 0 Å². The maximum absolute atomic E-state index is 14.0.